The van der Waals surface area contributed by atoms with E-state index in [4.69, 9.17) is 11.6 Å². The van der Waals surface area contributed by atoms with E-state index in [0.717, 1.165) is 66.9 Å². The average Bonchev–Trinajstić information content (AvgIpc) is 3.13. The lowest BCUT2D eigenvalue weighted by Gasteiger charge is -2.37. The van der Waals surface area contributed by atoms with Crippen molar-refractivity contribution in [1.29, 1.82) is 0 Å². The molecule has 1 aliphatic heterocycles. The SMILES string of the molecule is Cc1ccc(-n2c(C)nc(C(=O)NCCCN3CCN(c4cccc(Cl)c4C)CC3)c2C)cc1.Cl.Cl. The lowest BCUT2D eigenvalue weighted by molar-refractivity contribution is 0.0946. The topological polar surface area (TPSA) is 53.4 Å². The molecule has 3 aromatic rings. The van der Waals surface area contributed by atoms with Crippen molar-refractivity contribution in [2.75, 3.05) is 44.2 Å². The molecule has 0 aliphatic carbocycles. The summed E-state index contributed by atoms with van der Waals surface area (Å²) in [6, 6.07) is 14.4. The number of hydrogen-bond donors (Lipinski definition) is 1. The zero-order valence-corrected chi connectivity index (χ0v) is 23.8. The smallest absolute Gasteiger partial charge is 0.271 e. The van der Waals surface area contributed by atoms with Gasteiger partial charge in [0.1, 0.15) is 11.5 Å². The van der Waals surface area contributed by atoms with Crippen LogP contribution in [-0.2, 0) is 0 Å². The van der Waals surface area contributed by atoms with Gasteiger partial charge in [-0.25, -0.2) is 4.98 Å². The molecule has 1 saturated heterocycles. The molecule has 0 spiro atoms. The highest BCUT2D eigenvalue weighted by atomic mass is 35.5. The first-order valence-electron chi connectivity index (χ1n) is 12.0. The lowest BCUT2D eigenvalue weighted by atomic mass is 10.1. The van der Waals surface area contributed by atoms with Gasteiger partial charge in [-0.1, -0.05) is 35.4 Å². The number of nitrogens with one attached hydrogen (secondary N) is 1. The Bertz CT molecular complexity index is 1150. The van der Waals surface area contributed by atoms with Crippen LogP contribution >= 0.6 is 36.4 Å². The Morgan fingerprint density at radius 2 is 1.64 bits per heavy atom. The largest absolute Gasteiger partial charge is 0.369 e. The van der Waals surface area contributed by atoms with Gasteiger partial charge in [0.05, 0.1) is 5.69 Å². The van der Waals surface area contributed by atoms with Gasteiger partial charge in [-0.05, 0) is 70.5 Å². The van der Waals surface area contributed by atoms with Gasteiger partial charge in [-0.3, -0.25) is 9.69 Å². The van der Waals surface area contributed by atoms with Gasteiger partial charge in [0.15, 0.2) is 0 Å². The number of aromatic nitrogens is 2. The minimum Gasteiger partial charge on any atom is -0.369 e. The third-order valence-corrected chi connectivity index (χ3v) is 7.08. The van der Waals surface area contributed by atoms with Crippen molar-refractivity contribution in [1.82, 2.24) is 19.8 Å². The second-order valence-corrected chi connectivity index (χ2v) is 9.49. The predicted molar refractivity (Wildman–Crippen MR) is 154 cm³/mol. The summed E-state index contributed by atoms with van der Waals surface area (Å²) < 4.78 is 2.04. The van der Waals surface area contributed by atoms with Crippen LogP contribution in [0.3, 0.4) is 0 Å². The summed E-state index contributed by atoms with van der Waals surface area (Å²) in [6.45, 7) is 13.7. The Labute approximate surface area is 231 Å². The molecular weight excluding hydrogens is 517 g/mol. The molecule has 2 heterocycles. The molecule has 1 aliphatic rings. The van der Waals surface area contributed by atoms with Crippen LogP contribution < -0.4 is 10.2 Å². The van der Waals surface area contributed by atoms with E-state index < -0.39 is 0 Å². The minimum absolute atomic E-state index is 0. The zero-order chi connectivity index (χ0) is 24.2. The van der Waals surface area contributed by atoms with Crippen LogP contribution in [0.25, 0.3) is 5.69 Å². The molecular formula is C27H36Cl3N5O. The van der Waals surface area contributed by atoms with Crippen molar-refractivity contribution in [2.45, 2.75) is 34.1 Å². The third kappa shape index (κ3) is 6.74. The molecule has 0 unspecified atom stereocenters. The fourth-order valence-electron chi connectivity index (χ4n) is 4.67. The van der Waals surface area contributed by atoms with E-state index in [2.05, 4.69) is 64.3 Å². The summed E-state index contributed by atoms with van der Waals surface area (Å²) in [5.74, 6) is 0.715. The number of carbonyl (C=O) groups excluding carboxylic acids is 1. The van der Waals surface area contributed by atoms with E-state index in [1.165, 1.54) is 11.3 Å². The highest BCUT2D eigenvalue weighted by molar-refractivity contribution is 6.31. The number of benzene rings is 2. The van der Waals surface area contributed by atoms with E-state index in [0.29, 0.717) is 12.2 Å². The zero-order valence-electron chi connectivity index (χ0n) is 21.4. The molecule has 0 bridgehead atoms. The van der Waals surface area contributed by atoms with Crippen LogP contribution in [0.2, 0.25) is 5.02 Å². The van der Waals surface area contributed by atoms with Crippen LogP contribution in [0.4, 0.5) is 5.69 Å². The molecule has 1 amide bonds. The van der Waals surface area contributed by atoms with Gasteiger partial charge < -0.3 is 14.8 Å². The molecule has 0 radical (unpaired) electrons. The molecule has 0 saturated carbocycles. The Morgan fingerprint density at radius 1 is 0.972 bits per heavy atom. The molecule has 4 rings (SSSR count). The Balaban J connectivity index is 0.00000228. The molecule has 36 heavy (non-hydrogen) atoms. The number of hydrogen-bond acceptors (Lipinski definition) is 4. The van der Waals surface area contributed by atoms with Crippen molar-refractivity contribution in [3.63, 3.8) is 0 Å². The number of aryl methyl sites for hydroxylation is 2. The Hall–Kier alpha value is -2.25. The van der Waals surface area contributed by atoms with Gasteiger partial charge in [0.2, 0.25) is 0 Å². The number of anilines is 1. The lowest BCUT2D eigenvalue weighted by Crippen LogP contribution is -2.47. The fourth-order valence-corrected chi connectivity index (χ4v) is 4.84. The molecule has 1 aromatic heterocycles. The summed E-state index contributed by atoms with van der Waals surface area (Å²) in [5.41, 5.74) is 5.98. The van der Waals surface area contributed by atoms with Crippen LogP contribution in [0.5, 0.6) is 0 Å². The van der Waals surface area contributed by atoms with Crippen molar-refractivity contribution >= 4 is 48.0 Å². The second kappa shape index (κ2) is 13.3. The van der Waals surface area contributed by atoms with Crippen molar-refractivity contribution < 1.29 is 4.79 Å². The standard InChI is InChI=1S/C27H34ClN5O.2ClH/c1-19-9-11-23(12-10-19)33-21(3)26(30-22(33)4)27(34)29-13-6-14-31-15-17-32(18-16-31)25-8-5-7-24(28)20(25)2;;/h5,7-12H,6,13-18H2,1-4H3,(H,29,34);2*1H. The van der Waals surface area contributed by atoms with Crippen molar-refractivity contribution in [3.05, 3.63) is 75.8 Å². The van der Waals surface area contributed by atoms with Gasteiger partial charge in [-0.2, -0.15) is 0 Å². The number of nitrogens with zero attached hydrogens (tertiary/aromatic N) is 4. The summed E-state index contributed by atoms with van der Waals surface area (Å²) >= 11 is 6.30. The molecule has 196 valence electrons. The number of carbonyl (C=O) groups is 1. The first-order valence-corrected chi connectivity index (χ1v) is 12.4. The number of imidazole rings is 1. The van der Waals surface area contributed by atoms with Gasteiger partial charge in [0.25, 0.3) is 5.91 Å². The van der Waals surface area contributed by atoms with E-state index in [1.54, 1.807) is 0 Å². The monoisotopic (exact) mass is 551 g/mol. The maximum Gasteiger partial charge on any atom is 0.271 e. The summed E-state index contributed by atoms with van der Waals surface area (Å²) in [6.07, 6.45) is 0.915. The Kier molecular flexibility index (Phi) is 11.1. The molecule has 0 atom stereocenters. The maximum atomic E-state index is 12.8. The molecule has 9 heteroatoms. The van der Waals surface area contributed by atoms with Gasteiger partial charge in [0, 0.05) is 49.1 Å². The highest BCUT2D eigenvalue weighted by Gasteiger charge is 2.20. The molecule has 6 nitrogen and oxygen atoms in total. The van der Waals surface area contributed by atoms with Crippen molar-refractivity contribution in [2.24, 2.45) is 0 Å². The Morgan fingerprint density at radius 3 is 2.31 bits per heavy atom. The van der Waals surface area contributed by atoms with Gasteiger partial charge in [-0.15, -0.1) is 24.8 Å². The highest BCUT2D eigenvalue weighted by Crippen LogP contribution is 2.27. The van der Waals surface area contributed by atoms with Crippen LogP contribution in [-0.4, -0.2) is 59.6 Å². The average molecular weight is 553 g/mol. The summed E-state index contributed by atoms with van der Waals surface area (Å²) in [7, 11) is 0. The van der Waals surface area contributed by atoms with E-state index in [-0.39, 0.29) is 30.7 Å². The number of rotatable bonds is 7. The summed E-state index contributed by atoms with van der Waals surface area (Å²) in [5, 5.41) is 3.89. The van der Waals surface area contributed by atoms with Gasteiger partial charge >= 0.3 is 0 Å². The van der Waals surface area contributed by atoms with Crippen LogP contribution in [0.1, 0.15) is 39.6 Å². The maximum absolute atomic E-state index is 12.8. The van der Waals surface area contributed by atoms with Crippen LogP contribution in [0, 0.1) is 27.7 Å². The first kappa shape index (κ1) is 30.0. The van der Waals surface area contributed by atoms with E-state index in [9.17, 15) is 4.79 Å². The fraction of sp³-hybridized carbons (Fsp3) is 0.407. The molecule has 2 aromatic carbocycles. The second-order valence-electron chi connectivity index (χ2n) is 9.09. The van der Waals surface area contributed by atoms with E-state index >= 15 is 0 Å². The molecule has 1 N–H and O–H groups in total. The minimum atomic E-state index is -0.104. The third-order valence-electron chi connectivity index (χ3n) is 6.67. The van der Waals surface area contributed by atoms with Crippen molar-refractivity contribution in [3.8, 4) is 5.69 Å². The number of piperazine rings is 1. The number of halogens is 3. The predicted octanol–water partition coefficient (Wildman–Crippen LogP) is 5.55. The van der Waals surface area contributed by atoms with E-state index in [1.807, 2.05) is 30.5 Å². The normalized spacial score (nSPS) is 13.6. The molecule has 1 fully saturated rings. The first-order chi connectivity index (χ1) is 16.3. The quantitative estimate of drug-likeness (QED) is 0.391. The van der Waals surface area contributed by atoms with Crippen LogP contribution in [0.15, 0.2) is 42.5 Å². The number of amides is 1. The summed E-state index contributed by atoms with van der Waals surface area (Å²) in [4.78, 5) is 22.2.